The molecule has 0 bridgehead atoms. The summed E-state index contributed by atoms with van der Waals surface area (Å²) < 4.78 is 17.3. The monoisotopic (exact) mass is 452 g/mol. The van der Waals surface area contributed by atoms with E-state index in [9.17, 15) is 4.79 Å². The van der Waals surface area contributed by atoms with Gasteiger partial charge in [0.1, 0.15) is 12.4 Å². The summed E-state index contributed by atoms with van der Waals surface area (Å²) >= 11 is 3.41. The number of carbonyl (C=O) groups is 1. The Bertz CT molecular complexity index is 1030. The van der Waals surface area contributed by atoms with Crippen molar-refractivity contribution in [2.24, 2.45) is 5.10 Å². The molecule has 0 aromatic heterocycles. The van der Waals surface area contributed by atoms with E-state index in [0.717, 1.165) is 21.3 Å². The minimum atomic E-state index is -0.325. The molecule has 29 heavy (non-hydrogen) atoms. The van der Waals surface area contributed by atoms with Crippen LogP contribution in [0, 0.1) is 0 Å². The number of hydrogen-bond acceptors (Lipinski definition) is 5. The number of benzene rings is 3. The van der Waals surface area contributed by atoms with Crippen LogP contribution >= 0.6 is 15.9 Å². The van der Waals surface area contributed by atoms with E-state index < -0.39 is 0 Å². The first-order chi connectivity index (χ1) is 14.2. The fourth-order valence-corrected chi connectivity index (χ4v) is 2.93. The molecule has 1 amide bonds. The molecule has 0 atom stereocenters. The van der Waals surface area contributed by atoms with Crippen LogP contribution in [0.2, 0.25) is 0 Å². The Balaban J connectivity index is 1.29. The quantitative estimate of drug-likeness (QED) is 0.440. The molecule has 1 heterocycles. The lowest BCUT2D eigenvalue weighted by molar-refractivity contribution is 0.0954. The Kier molecular flexibility index (Phi) is 5.76. The van der Waals surface area contributed by atoms with Gasteiger partial charge in [-0.3, -0.25) is 4.79 Å². The Labute approximate surface area is 176 Å². The highest BCUT2D eigenvalue weighted by molar-refractivity contribution is 9.10. The molecule has 7 heteroatoms. The number of amides is 1. The van der Waals surface area contributed by atoms with Crippen molar-refractivity contribution in [2.45, 2.75) is 6.61 Å². The zero-order chi connectivity index (χ0) is 20.1. The van der Waals surface area contributed by atoms with Gasteiger partial charge in [-0.2, -0.15) is 5.10 Å². The van der Waals surface area contributed by atoms with E-state index in [0.29, 0.717) is 23.7 Å². The molecule has 3 aromatic rings. The molecule has 0 fully saturated rings. The number of carbonyl (C=O) groups excluding carboxylic acids is 1. The first-order valence-corrected chi connectivity index (χ1v) is 9.67. The van der Waals surface area contributed by atoms with Gasteiger partial charge >= 0.3 is 0 Å². The molecular weight excluding hydrogens is 436 g/mol. The van der Waals surface area contributed by atoms with Gasteiger partial charge in [-0.15, -0.1) is 0 Å². The first-order valence-electron chi connectivity index (χ1n) is 8.88. The van der Waals surface area contributed by atoms with Gasteiger partial charge in [-0.1, -0.05) is 28.1 Å². The lowest BCUT2D eigenvalue weighted by Gasteiger charge is -2.06. The van der Waals surface area contributed by atoms with Crippen LogP contribution in [0.3, 0.4) is 0 Å². The van der Waals surface area contributed by atoms with Crippen LogP contribution in [-0.2, 0) is 6.61 Å². The predicted molar refractivity (Wildman–Crippen MR) is 113 cm³/mol. The van der Waals surface area contributed by atoms with Gasteiger partial charge in [-0.05, 0) is 65.7 Å². The summed E-state index contributed by atoms with van der Waals surface area (Å²) in [5, 5.41) is 4.00. The zero-order valence-corrected chi connectivity index (χ0v) is 16.9. The highest BCUT2D eigenvalue weighted by Gasteiger charge is 2.15. The first kappa shape index (κ1) is 19.0. The minimum absolute atomic E-state index is 0.168. The van der Waals surface area contributed by atoms with Crippen LogP contribution < -0.4 is 19.6 Å². The summed E-state index contributed by atoms with van der Waals surface area (Å²) in [4.78, 5) is 12.2. The van der Waals surface area contributed by atoms with Crippen LogP contribution in [0.4, 0.5) is 0 Å². The molecule has 0 radical (unpaired) electrons. The molecular formula is C22H17BrN2O4. The lowest BCUT2D eigenvalue weighted by atomic mass is 10.2. The molecule has 4 rings (SSSR count). The van der Waals surface area contributed by atoms with Crippen LogP contribution in [-0.4, -0.2) is 18.9 Å². The maximum Gasteiger partial charge on any atom is 0.271 e. The van der Waals surface area contributed by atoms with Gasteiger partial charge in [0.2, 0.25) is 6.79 Å². The van der Waals surface area contributed by atoms with Crippen molar-refractivity contribution in [2.75, 3.05) is 6.79 Å². The molecule has 1 aliphatic rings. The largest absolute Gasteiger partial charge is 0.489 e. The van der Waals surface area contributed by atoms with Crippen molar-refractivity contribution in [1.29, 1.82) is 0 Å². The number of fused-ring (bicyclic) bond motifs is 1. The van der Waals surface area contributed by atoms with Crippen molar-refractivity contribution in [1.82, 2.24) is 5.43 Å². The molecule has 0 spiro atoms. The molecule has 146 valence electrons. The predicted octanol–water partition coefficient (Wildman–Crippen LogP) is 4.52. The average Bonchev–Trinajstić information content (AvgIpc) is 3.22. The van der Waals surface area contributed by atoms with Gasteiger partial charge in [-0.25, -0.2) is 5.43 Å². The smallest absolute Gasteiger partial charge is 0.271 e. The number of rotatable bonds is 6. The van der Waals surface area contributed by atoms with Crippen LogP contribution in [0.1, 0.15) is 21.5 Å². The third-order valence-corrected chi connectivity index (χ3v) is 4.74. The second-order valence-corrected chi connectivity index (χ2v) is 7.17. The normalized spacial score (nSPS) is 12.2. The Hall–Kier alpha value is -3.32. The second-order valence-electron chi connectivity index (χ2n) is 6.25. The maximum atomic E-state index is 12.2. The number of halogens is 1. The maximum absolute atomic E-state index is 12.2. The molecule has 0 unspecified atom stereocenters. The van der Waals surface area contributed by atoms with Gasteiger partial charge < -0.3 is 14.2 Å². The summed E-state index contributed by atoms with van der Waals surface area (Å²) in [5.74, 6) is 1.62. The summed E-state index contributed by atoms with van der Waals surface area (Å²) in [7, 11) is 0. The van der Waals surface area contributed by atoms with E-state index in [1.54, 1.807) is 24.4 Å². The number of ether oxygens (including phenoxy) is 3. The number of hydrogen-bond donors (Lipinski definition) is 1. The van der Waals surface area contributed by atoms with E-state index >= 15 is 0 Å². The SMILES string of the molecule is O=C(N/N=C\c1ccc(OCc2ccc(Br)cc2)cc1)c1ccc2c(c1)OCO2. The Morgan fingerprint density at radius 2 is 1.79 bits per heavy atom. The van der Waals surface area contributed by atoms with E-state index in [2.05, 4.69) is 26.5 Å². The van der Waals surface area contributed by atoms with Crippen molar-refractivity contribution >= 4 is 28.1 Å². The third-order valence-electron chi connectivity index (χ3n) is 4.21. The van der Waals surface area contributed by atoms with Crippen molar-refractivity contribution < 1.29 is 19.0 Å². The van der Waals surface area contributed by atoms with E-state index in [1.165, 1.54) is 0 Å². The summed E-state index contributed by atoms with van der Waals surface area (Å²) in [6.45, 7) is 0.660. The van der Waals surface area contributed by atoms with Gasteiger partial charge in [0, 0.05) is 10.0 Å². The number of hydrazone groups is 1. The Morgan fingerprint density at radius 3 is 2.59 bits per heavy atom. The second kappa shape index (κ2) is 8.79. The van der Waals surface area contributed by atoms with Crippen molar-refractivity contribution in [3.63, 3.8) is 0 Å². The highest BCUT2D eigenvalue weighted by Crippen LogP contribution is 2.32. The van der Waals surface area contributed by atoms with Gasteiger partial charge in [0.15, 0.2) is 11.5 Å². The molecule has 1 N–H and O–H groups in total. The molecule has 0 saturated carbocycles. The molecule has 3 aromatic carbocycles. The molecule has 0 saturated heterocycles. The van der Waals surface area contributed by atoms with Crippen molar-refractivity contribution in [3.8, 4) is 17.2 Å². The van der Waals surface area contributed by atoms with Crippen LogP contribution in [0.5, 0.6) is 17.2 Å². The Morgan fingerprint density at radius 1 is 1.03 bits per heavy atom. The average molecular weight is 453 g/mol. The standard InChI is InChI=1S/C22H17BrN2O4/c23-18-6-1-16(2-7-18)13-27-19-8-3-15(4-9-19)12-24-25-22(26)17-5-10-20-21(11-17)29-14-28-20/h1-12H,13-14H2,(H,25,26)/b24-12-. The third kappa shape index (κ3) is 4.94. The van der Waals surface area contributed by atoms with Crippen molar-refractivity contribution in [3.05, 3.63) is 87.9 Å². The summed E-state index contributed by atoms with van der Waals surface area (Å²) in [6.07, 6.45) is 1.57. The lowest BCUT2D eigenvalue weighted by Crippen LogP contribution is -2.17. The number of nitrogens with zero attached hydrogens (tertiary/aromatic N) is 1. The number of nitrogens with one attached hydrogen (secondary N) is 1. The molecule has 1 aliphatic heterocycles. The van der Waals surface area contributed by atoms with E-state index in [1.807, 2.05) is 48.5 Å². The summed E-state index contributed by atoms with van der Waals surface area (Å²) in [5.41, 5.74) is 4.88. The van der Waals surface area contributed by atoms with Crippen LogP contribution in [0.25, 0.3) is 0 Å². The van der Waals surface area contributed by atoms with Gasteiger partial charge in [0.25, 0.3) is 5.91 Å². The molecule has 0 aliphatic carbocycles. The fourth-order valence-electron chi connectivity index (χ4n) is 2.67. The molecule has 6 nitrogen and oxygen atoms in total. The van der Waals surface area contributed by atoms with E-state index in [4.69, 9.17) is 14.2 Å². The van der Waals surface area contributed by atoms with E-state index in [-0.39, 0.29) is 12.7 Å². The topological polar surface area (TPSA) is 69.2 Å². The minimum Gasteiger partial charge on any atom is -0.489 e. The van der Waals surface area contributed by atoms with Gasteiger partial charge in [0.05, 0.1) is 6.21 Å². The highest BCUT2D eigenvalue weighted by atomic mass is 79.9. The fraction of sp³-hybridized carbons (Fsp3) is 0.0909. The summed E-state index contributed by atoms with van der Waals surface area (Å²) in [6, 6.07) is 20.4. The zero-order valence-electron chi connectivity index (χ0n) is 15.3. The van der Waals surface area contributed by atoms with Crippen LogP contribution in [0.15, 0.2) is 76.3 Å².